The van der Waals surface area contributed by atoms with Gasteiger partial charge in [-0.2, -0.15) is 0 Å². The molecule has 0 aliphatic carbocycles. The Hall–Kier alpha value is -2.37. The Kier molecular flexibility index (Phi) is 3.32. The number of carbonyl (C=O) groups is 1. The second kappa shape index (κ2) is 5.37. The third-order valence-corrected chi connectivity index (χ3v) is 5.02. The molecule has 3 atom stereocenters. The van der Waals surface area contributed by atoms with Crippen LogP contribution in [0.4, 0.5) is 0 Å². The molecular weight excluding hydrogens is 284 g/mol. The van der Waals surface area contributed by atoms with Gasteiger partial charge < -0.3 is 4.74 Å². The minimum atomic E-state index is -0.695. The lowest BCUT2D eigenvalue weighted by molar-refractivity contribution is -0.126. The first kappa shape index (κ1) is 14.2. The lowest BCUT2D eigenvalue weighted by Gasteiger charge is -2.28. The van der Waals surface area contributed by atoms with Gasteiger partial charge in [0.05, 0.1) is 12.2 Å². The largest absolute Gasteiger partial charge is 0.368 e. The molecule has 2 aliphatic heterocycles. The third-order valence-electron chi connectivity index (χ3n) is 5.02. The number of ether oxygens (including phenoxy) is 1. The van der Waals surface area contributed by atoms with Crippen LogP contribution in [-0.2, 0) is 16.0 Å². The summed E-state index contributed by atoms with van der Waals surface area (Å²) in [7, 11) is 0. The van der Waals surface area contributed by atoms with E-state index in [9.17, 15) is 4.79 Å². The van der Waals surface area contributed by atoms with Crippen LogP contribution in [0.3, 0.4) is 0 Å². The molecule has 2 aromatic carbocycles. The molecule has 23 heavy (non-hydrogen) atoms. The highest BCUT2D eigenvalue weighted by Crippen LogP contribution is 2.51. The van der Waals surface area contributed by atoms with Crippen LogP contribution in [0, 0.1) is 17.3 Å². The Labute approximate surface area is 136 Å². The molecule has 2 bridgehead atoms. The first-order chi connectivity index (χ1) is 11.2. The van der Waals surface area contributed by atoms with E-state index in [0.717, 1.165) is 12.0 Å². The van der Waals surface area contributed by atoms with Gasteiger partial charge in [-0.1, -0.05) is 54.3 Å². The Bertz CT molecular complexity index is 812. The fourth-order valence-electron chi connectivity index (χ4n) is 3.72. The van der Waals surface area contributed by atoms with E-state index in [1.54, 1.807) is 6.92 Å². The van der Waals surface area contributed by atoms with Crippen molar-refractivity contribution in [1.82, 2.24) is 0 Å². The van der Waals surface area contributed by atoms with E-state index >= 15 is 0 Å². The van der Waals surface area contributed by atoms with E-state index in [0.29, 0.717) is 6.42 Å². The maximum Gasteiger partial charge on any atom is 0.150 e. The second-order valence-electron chi connectivity index (χ2n) is 6.36. The maximum atomic E-state index is 12.5. The standard InChI is InChI=1S/C21H18O2/c1-15(22)21(12-11-16-7-3-2-4-8-16)14-19-18-10-6-5-9-17(18)13-20(21)23-19/h2-10,19-20H,13-14H2,1H3/t19-,20-,21-/m0/s1. The summed E-state index contributed by atoms with van der Waals surface area (Å²) in [6.45, 7) is 1.65. The molecule has 0 unspecified atom stereocenters. The molecule has 0 radical (unpaired) electrons. The zero-order valence-electron chi connectivity index (χ0n) is 13.1. The molecule has 2 heterocycles. The number of carbonyl (C=O) groups excluding carboxylic acids is 1. The third kappa shape index (κ3) is 2.29. The monoisotopic (exact) mass is 302 g/mol. The van der Waals surface area contributed by atoms with E-state index in [1.807, 2.05) is 36.4 Å². The van der Waals surface area contributed by atoms with Gasteiger partial charge in [-0.15, -0.1) is 0 Å². The highest BCUT2D eigenvalue weighted by atomic mass is 16.5. The van der Waals surface area contributed by atoms with Crippen molar-refractivity contribution in [2.45, 2.75) is 32.0 Å². The zero-order chi connectivity index (χ0) is 15.9. The van der Waals surface area contributed by atoms with Crippen LogP contribution in [0.25, 0.3) is 0 Å². The average molecular weight is 302 g/mol. The summed E-state index contributed by atoms with van der Waals surface area (Å²) >= 11 is 0. The summed E-state index contributed by atoms with van der Waals surface area (Å²) in [6.07, 6.45) is 1.26. The maximum absolute atomic E-state index is 12.5. The molecule has 2 heteroatoms. The molecule has 0 amide bonds. The van der Waals surface area contributed by atoms with Crippen molar-refractivity contribution in [3.8, 4) is 11.8 Å². The highest BCUT2D eigenvalue weighted by Gasteiger charge is 2.54. The molecule has 4 rings (SSSR count). The van der Waals surface area contributed by atoms with Crippen molar-refractivity contribution in [2.24, 2.45) is 5.41 Å². The molecule has 2 nitrogen and oxygen atoms in total. The summed E-state index contributed by atoms with van der Waals surface area (Å²) in [4.78, 5) is 12.5. The van der Waals surface area contributed by atoms with Crippen molar-refractivity contribution < 1.29 is 9.53 Å². The molecule has 0 spiro atoms. The van der Waals surface area contributed by atoms with Crippen LogP contribution < -0.4 is 0 Å². The van der Waals surface area contributed by atoms with Crippen LogP contribution in [0.5, 0.6) is 0 Å². The fourth-order valence-corrected chi connectivity index (χ4v) is 3.72. The van der Waals surface area contributed by atoms with Gasteiger partial charge in [-0.25, -0.2) is 0 Å². The van der Waals surface area contributed by atoms with Gasteiger partial charge in [0, 0.05) is 18.4 Å². The van der Waals surface area contributed by atoms with Crippen molar-refractivity contribution in [3.05, 3.63) is 71.3 Å². The van der Waals surface area contributed by atoms with E-state index in [2.05, 4.69) is 30.0 Å². The Morgan fingerprint density at radius 2 is 1.87 bits per heavy atom. The summed E-state index contributed by atoms with van der Waals surface area (Å²) in [6, 6.07) is 18.2. The SMILES string of the molecule is CC(=O)[C@]1(C#Cc2ccccc2)C[C@@H]2O[C@H]1Cc1ccccc12. The number of hydrogen-bond donors (Lipinski definition) is 0. The van der Waals surface area contributed by atoms with E-state index in [4.69, 9.17) is 4.74 Å². The fraction of sp³-hybridized carbons (Fsp3) is 0.286. The smallest absolute Gasteiger partial charge is 0.150 e. The Morgan fingerprint density at radius 3 is 2.65 bits per heavy atom. The van der Waals surface area contributed by atoms with Crippen LogP contribution in [-0.4, -0.2) is 11.9 Å². The topological polar surface area (TPSA) is 26.3 Å². The summed E-state index contributed by atoms with van der Waals surface area (Å²) in [5, 5.41) is 0. The first-order valence-corrected chi connectivity index (χ1v) is 8.01. The molecule has 0 aromatic heterocycles. The van der Waals surface area contributed by atoms with E-state index in [1.165, 1.54) is 11.1 Å². The number of hydrogen-bond acceptors (Lipinski definition) is 2. The van der Waals surface area contributed by atoms with Crippen molar-refractivity contribution >= 4 is 5.78 Å². The predicted molar refractivity (Wildman–Crippen MR) is 88.8 cm³/mol. The predicted octanol–water partition coefficient (Wildman–Crippen LogP) is 3.70. The second-order valence-corrected chi connectivity index (χ2v) is 6.36. The molecule has 0 N–H and O–H groups in total. The molecule has 2 aliphatic rings. The number of fused-ring (bicyclic) bond motifs is 4. The number of Topliss-reactive ketones (excluding diaryl/α,β-unsaturated/α-hetero) is 1. The van der Waals surface area contributed by atoms with Gasteiger partial charge in [0.2, 0.25) is 0 Å². The van der Waals surface area contributed by atoms with Crippen LogP contribution in [0.1, 0.15) is 36.1 Å². The van der Waals surface area contributed by atoms with Crippen molar-refractivity contribution in [1.29, 1.82) is 0 Å². The van der Waals surface area contributed by atoms with Gasteiger partial charge in [-0.05, 0) is 30.2 Å². The number of rotatable bonds is 1. The molecule has 0 saturated carbocycles. The van der Waals surface area contributed by atoms with Gasteiger partial charge in [0.25, 0.3) is 0 Å². The molecule has 114 valence electrons. The Morgan fingerprint density at radius 1 is 1.13 bits per heavy atom. The lowest BCUT2D eigenvalue weighted by Crippen LogP contribution is -2.38. The zero-order valence-corrected chi connectivity index (χ0v) is 13.1. The average Bonchev–Trinajstić information content (AvgIpc) is 2.88. The highest BCUT2D eigenvalue weighted by molar-refractivity contribution is 5.87. The Balaban J connectivity index is 1.75. The van der Waals surface area contributed by atoms with E-state index < -0.39 is 5.41 Å². The van der Waals surface area contributed by atoms with Crippen LogP contribution >= 0.6 is 0 Å². The summed E-state index contributed by atoms with van der Waals surface area (Å²) in [5.41, 5.74) is 2.75. The minimum Gasteiger partial charge on any atom is -0.368 e. The number of ketones is 1. The van der Waals surface area contributed by atoms with Gasteiger partial charge in [0.15, 0.2) is 5.78 Å². The molecule has 1 saturated heterocycles. The first-order valence-electron chi connectivity index (χ1n) is 8.01. The molecule has 2 aromatic rings. The van der Waals surface area contributed by atoms with Gasteiger partial charge in [0.1, 0.15) is 5.41 Å². The molecular formula is C21H18O2. The van der Waals surface area contributed by atoms with E-state index in [-0.39, 0.29) is 18.0 Å². The summed E-state index contributed by atoms with van der Waals surface area (Å²) in [5.74, 6) is 6.60. The lowest BCUT2D eigenvalue weighted by atomic mass is 9.76. The normalized spacial score (nSPS) is 27.7. The van der Waals surface area contributed by atoms with Gasteiger partial charge in [-0.3, -0.25) is 4.79 Å². The number of benzene rings is 2. The van der Waals surface area contributed by atoms with Gasteiger partial charge >= 0.3 is 0 Å². The van der Waals surface area contributed by atoms with Crippen molar-refractivity contribution in [3.63, 3.8) is 0 Å². The minimum absolute atomic E-state index is 0.0149. The van der Waals surface area contributed by atoms with Crippen LogP contribution in [0.15, 0.2) is 54.6 Å². The van der Waals surface area contributed by atoms with Crippen molar-refractivity contribution in [2.75, 3.05) is 0 Å². The quantitative estimate of drug-likeness (QED) is 0.751. The molecule has 1 fully saturated rings. The summed E-state index contributed by atoms with van der Waals surface area (Å²) < 4.78 is 6.17. The van der Waals surface area contributed by atoms with Crippen LogP contribution in [0.2, 0.25) is 0 Å².